The van der Waals surface area contributed by atoms with Crippen molar-refractivity contribution in [3.63, 3.8) is 0 Å². The Hall–Kier alpha value is -1.01. The molecule has 2 aromatic rings. The molecule has 1 aromatic heterocycles. The van der Waals surface area contributed by atoms with E-state index in [4.69, 9.17) is 5.11 Å². The summed E-state index contributed by atoms with van der Waals surface area (Å²) in [4.78, 5) is 15.4. The number of aliphatic carboxylic acids is 1. The molecule has 1 aliphatic rings. The van der Waals surface area contributed by atoms with Crippen molar-refractivity contribution in [1.82, 2.24) is 9.55 Å². The first-order chi connectivity index (χ1) is 10.1. The smallest absolute Gasteiger partial charge is 0.313 e. The second kappa shape index (κ2) is 6.40. The Balaban J connectivity index is 1.88. The van der Waals surface area contributed by atoms with E-state index >= 15 is 0 Å². The SMILES string of the molecule is O=C(O)CSc1nc2ccc(Br)cc2n1CCC1CCC1. The van der Waals surface area contributed by atoms with E-state index in [1.54, 1.807) is 0 Å². The normalized spacial score (nSPS) is 15.3. The molecule has 1 saturated carbocycles. The molecule has 21 heavy (non-hydrogen) atoms. The van der Waals surface area contributed by atoms with Crippen molar-refractivity contribution in [1.29, 1.82) is 0 Å². The third-order valence-electron chi connectivity index (χ3n) is 3.99. The van der Waals surface area contributed by atoms with Gasteiger partial charge in [0, 0.05) is 11.0 Å². The first-order valence-electron chi connectivity index (χ1n) is 7.14. The molecule has 0 saturated heterocycles. The number of imidazole rings is 1. The molecule has 1 fully saturated rings. The minimum atomic E-state index is -0.807. The highest BCUT2D eigenvalue weighted by atomic mass is 79.9. The second-order valence-corrected chi connectivity index (χ2v) is 7.31. The van der Waals surface area contributed by atoms with E-state index < -0.39 is 5.97 Å². The van der Waals surface area contributed by atoms with Crippen molar-refractivity contribution in [3.8, 4) is 0 Å². The number of thioether (sulfide) groups is 1. The minimum Gasteiger partial charge on any atom is -0.481 e. The van der Waals surface area contributed by atoms with Crippen LogP contribution < -0.4 is 0 Å². The zero-order valence-corrected chi connectivity index (χ0v) is 14.0. The topological polar surface area (TPSA) is 55.1 Å². The Kier molecular flexibility index (Phi) is 4.54. The Morgan fingerprint density at radius 2 is 2.29 bits per heavy atom. The second-order valence-electron chi connectivity index (χ2n) is 5.45. The third kappa shape index (κ3) is 3.43. The molecule has 4 nitrogen and oxygen atoms in total. The van der Waals surface area contributed by atoms with Gasteiger partial charge in [-0.3, -0.25) is 4.79 Å². The Labute approximate surface area is 136 Å². The van der Waals surface area contributed by atoms with Gasteiger partial charge < -0.3 is 9.67 Å². The van der Waals surface area contributed by atoms with E-state index in [0.717, 1.165) is 39.5 Å². The fourth-order valence-corrected chi connectivity index (χ4v) is 3.73. The molecule has 112 valence electrons. The molecule has 0 aliphatic heterocycles. The number of hydrogen-bond acceptors (Lipinski definition) is 3. The number of carbonyl (C=O) groups is 1. The fourth-order valence-electron chi connectivity index (χ4n) is 2.62. The third-order valence-corrected chi connectivity index (χ3v) is 5.44. The summed E-state index contributed by atoms with van der Waals surface area (Å²) in [5, 5.41) is 9.69. The molecular weight excluding hydrogens is 352 g/mol. The van der Waals surface area contributed by atoms with Gasteiger partial charge in [-0.2, -0.15) is 0 Å². The van der Waals surface area contributed by atoms with E-state index in [2.05, 4.69) is 31.5 Å². The molecule has 0 unspecified atom stereocenters. The number of carboxylic acids is 1. The van der Waals surface area contributed by atoms with Crippen LogP contribution in [0.5, 0.6) is 0 Å². The molecule has 0 amide bonds. The zero-order chi connectivity index (χ0) is 14.8. The summed E-state index contributed by atoms with van der Waals surface area (Å²) in [5.41, 5.74) is 2.01. The monoisotopic (exact) mass is 368 g/mol. The predicted octanol–water partition coefficient (Wildman–Crippen LogP) is 4.17. The van der Waals surface area contributed by atoms with Gasteiger partial charge in [0.15, 0.2) is 5.16 Å². The Morgan fingerprint density at radius 1 is 1.48 bits per heavy atom. The number of aromatic nitrogens is 2. The van der Waals surface area contributed by atoms with Crippen LogP contribution in [0, 0.1) is 5.92 Å². The fraction of sp³-hybridized carbons (Fsp3) is 0.467. The number of carboxylic acid groups (broad SMARTS) is 1. The van der Waals surface area contributed by atoms with Crippen LogP contribution in [0.3, 0.4) is 0 Å². The number of rotatable bonds is 6. The first-order valence-corrected chi connectivity index (χ1v) is 8.92. The lowest BCUT2D eigenvalue weighted by Gasteiger charge is -2.25. The molecule has 0 spiro atoms. The Bertz CT molecular complexity index is 667. The van der Waals surface area contributed by atoms with E-state index in [9.17, 15) is 4.79 Å². The average molecular weight is 369 g/mol. The number of benzene rings is 1. The van der Waals surface area contributed by atoms with E-state index in [0.29, 0.717) is 0 Å². The van der Waals surface area contributed by atoms with Gasteiger partial charge in [-0.1, -0.05) is 47.0 Å². The van der Waals surface area contributed by atoms with Crippen LogP contribution in [0.2, 0.25) is 0 Å². The summed E-state index contributed by atoms with van der Waals surface area (Å²) in [6, 6.07) is 6.01. The highest BCUT2D eigenvalue weighted by Gasteiger charge is 2.19. The molecule has 1 N–H and O–H groups in total. The van der Waals surface area contributed by atoms with E-state index in [1.807, 2.05) is 12.1 Å². The maximum absolute atomic E-state index is 10.8. The quantitative estimate of drug-likeness (QED) is 0.777. The van der Waals surface area contributed by atoms with Gasteiger partial charge in [-0.25, -0.2) is 4.98 Å². The summed E-state index contributed by atoms with van der Waals surface area (Å²) in [7, 11) is 0. The number of aryl methyl sites for hydroxylation is 1. The first kappa shape index (κ1) is 14.9. The maximum Gasteiger partial charge on any atom is 0.313 e. The summed E-state index contributed by atoms with van der Waals surface area (Å²) < 4.78 is 3.20. The highest BCUT2D eigenvalue weighted by molar-refractivity contribution is 9.10. The Morgan fingerprint density at radius 3 is 2.95 bits per heavy atom. The molecule has 6 heteroatoms. The lowest BCUT2D eigenvalue weighted by molar-refractivity contribution is -0.133. The van der Waals surface area contributed by atoms with Crippen LogP contribution in [-0.4, -0.2) is 26.4 Å². The lowest BCUT2D eigenvalue weighted by atomic mass is 9.83. The van der Waals surface area contributed by atoms with Crippen LogP contribution in [0.1, 0.15) is 25.7 Å². The molecule has 0 bridgehead atoms. The minimum absolute atomic E-state index is 0.0495. The molecule has 3 rings (SSSR count). The number of halogens is 1. The van der Waals surface area contributed by atoms with Crippen LogP contribution in [0.4, 0.5) is 0 Å². The van der Waals surface area contributed by atoms with Gasteiger partial charge in [-0.05, 0) is 30.5 Å². The summed E-state index contributed by atoms with van der Waals surface area (Å²) >= 11 is 4.80. The van der Waals surface area contributed by atoms with Crippen LogP contribution >= 0.6 is 27.7 Å². The standard InChI is InChI=1S/C15H17BrN2O2S/c16-11-4-5-12-13(8-11)18(7-6-10-2-1-3-10)15(17-12)21-9-14(19)20/h4-5,8,10H,1-3,6-7,9H2,(H,19,20). The van der Waals surface area contributed by atoms with Crippen molar-refractivity contribution in [2.24, 2.45) is 5.92 Å². The van der Waals surface area contributed by atoms with E-state index in [-0.39, 0.29) is 5.75 Å². The average Bonchev–Trinajstić information content (AvgIpc) is 2.72. The van der Waals surface area contributed by atoms with Crippen molar-refractivity contribution >= 4 is 44.7 Å². The van der Waals surface area contributed by atoms with Gasteiger partial charge in [0.1, 0.15) is 0 Å². The van der Waals surface area contributed by atoms with Crippen molar-refractivity contribution in [2.45, 2.75) is 37.4 Å². The predicted molar refractivity (Wildman–Crippen MR) is 87.8 cm³/mol. The number of fused-ring (bicyclic) bond motifs is 1. The van der Waals surface area contributed by atoms with Crippen molar-refractivity contribution in [2.75, 3.05) is 5.75 Å². The summed E-state index contributed by atoms with van der Waals surface area (Å²) in [6.07, 6.45) is 5.15. The largest absolute Gasteiger partial charge is 0.481 e. The highest BCUT2D eigenvalue weighted by Crippen LogP contribution is 2.32. The van der Waals surface area contributed by atoms with Crippen LogP contribution in [0.15, 0.2) is 27.8 Å². The van der Waals surface area contributed by atoms with Gasteiger partial charge in [0.2, 0.25) is 0 Å². The van der Waals surface area contributed by atoms with Crippen molar-refractivity contribution < 1.29 is 9.90 Å². The molecule has 0 radical (unpaired) electrons. The summed E-state index contributed by atoms with van der Waals surface area (Å²) in [6.45, 7) is 0.916. The maximum atomic E-state index is 10.8. The van der Waals surface area contributed by atoms with Crippen LogP contribution in [-0.2, 0) is 11.3 Å². The number of hydrogen-bond donors (Lipinski definition) is 1. The van der Waals surface area contributed by atoms with E-state index in [1.165, 1.54) is 31.0 Å². The zero-order valence-electron chi connectivity index (χ0n) is 11.6. The van der Waals surface area contributed by atoms with Gasteiger partial charge >= 0.3 is 5.97 Å². The van der Waals surface area contributed by atoms with Crippen LogP contribution in [0.25, 0.3) is 11.0 Å². The molecular formula is C15H17BrN2O2S. The lowest BCUT2D eigenvalue weighted by Crippen LogP contribution is -2.14. The van der Waals surface area contributed by atoms with Gasteiger partial charge in [0.25, 0.3) is 0 Å². The van der Waals surface area contributed by atoms with Crippen molar-refractivity contribution in [3.05, 3.63) is 22.7 Å². The molecule has 1 aliphatic carbocycles. The molecule has 0 atom stereocenters. The molecule has 1 heterocycles. The molecule has 1 aromatic carbocycles. The van der Waals surface area contributed by atoms with Gasteiger partial charge in [-0.15, -0.1) is 0 Å². The van der Waals surface area contributed by atoms with Gasteiger partial charge in [0.05, 0.1) is 16.8 Å². The number of nitrogens with zero attached hydrogens (tertiary/aromatic N) is 2. The summed E-state index contributed by atoms with van der Waals surface area (Å²) in [5.74, 6) is 0.0687.